The molecule has 0 unspecified atom stereocenters. The van der Waals surface area contributed by atoms with Gasteiger partial charge in [-0.15, -0.1) is 0 Å². The zero-order valence-electron chi connectivity index (χ0n) is 13.5. The molecule has 0 bridgehead atoms. The van der Waals surface area contributed by atoms with Gasteiger partial charge in [-0.25, -0.2) is 8.42 Å². The van der Waals surface area contributed by atoms with Crippen molar-refractivity contribution < 1.29 is 13.2 Å². The Morgan fingerprint density at radius 3 is 2.62 bits per heavy atom. The molecule has 2 aromatic rings. The number of morpholine rings is 1. The molecule has 0 saturated carbocycles. The third kappa shape index (κ3) is 3.35. The van der Waals surface area contributed by atoms with Gasteiger partial charge < -0.3 is 9.64 Å². The van der Waals surface area contributed by atoms with Crippen LogP contribution in [0.2, 0.25) is 5.02 Å². The van der Waals surface area contributed by atoms with Gasteiger partial charge in [-0.05, 0) is 32.0 Å². The van der Waals surface area contributed by atoms with Crippen molar-refractivity contribution in [2.24, 2.45) is 0 Å². The minimum Gasteiger partial charge on any atom is -0.378 e. The molecule has 0 aliphatic carbocycles. The molecule has 9 heteroatoms. The normalized spacial score (nSPS) is 15.5. The Balaban J connectivity index is 1.98. The molecule has 1 fully saturated rings. The van der Waals surface area contributed by atoms with Crippen LogP contribution in [0, 0.1) is 13.8 Å². The second-order valence-corrected chi connectivity index (χ2v) is 7.69. The lowest BCUT2D eigenvalue weighted by Crippen LogP contribution is -2.36. The van der Waals surface area contributed by atoms with E-state index in [1.54, 1.807) is 26.0 Å². The first kappa shape index (κ1) is 17.1. The summed E-state index contributed by atoms with van der Waals surface area (Å²) < 4.78 is 33.6. The van der Waals surface area contributed by atoms with Gasteiger partial charge in [0.1, 0.15) is 4.90 Å². The van der Waals surface area contributed by atoms with E-state index in [4.69, 9.17) is 16.3 Å². The minimum atomic E-state index is -3.77. The first-order valence-corrected chi connectivity index (χ1v) is 9.41. The maximum atomic E-state index is 12.8. The zero-order valence-corrected chi connectivity index (χ0v) is 15.0. The van der Waals surface area contributed by atoms with Crippen LogP contribution in [-0.2, 0) is 14.8 Å². The van der Waals surface area contributed by atoms with E-state index in [-0.39, 0.29) is 4.90 Å². The number of aryl methyl sites for hydroxylation is 2. The fourth-order valence-corrected chi connectivity index (χ4v) is 4.41. The van der Waals surface area contributed by atoms with Gasteiger partial charge in [-0.1, -0.05) is 11.6 Å². The monoisotopic (exact) mass is 370 g/mol. The number of benzene rings is 1. The molecule has 3 rings (SSSR count). The van der Waals surface area contributed by atoms with Gasteiger partial charge >= 0.3 is 0 Å². The van der Waals surface area contributed by atoms with E-state index in [0.717, 1.165) is 5.69 Å². The number of aromatic amines is 1. The number of anilines is 2. The average Bonchev–Trinajstić information content (AvgIpc) is 2.87. The third-order valence-electron chi connectivity index (χ3n) is 3.88. The highest BCUT2D eigenvalue weighted by Crippen LogP contribution is 2.32. The molecular weight excluding hydrogens is 352 g/mol. The largest absolute Gasteiger partial charge is 0.378 e. The summed E-state index contributed by atoms with van der Waals surface area (Å²) in [4.78, 5) is 2.24. The number of H-pyrrole nitrogens is 1. The van der Waals surface area contributed by atoms with Crippen LogP contribution in [-0.4, -0.2) is 44.9 Å². The number of ether oxygens (including phenoxy) is 1. The average molecular weight is 371 g/mol. The maximum Gasteiger partial charge on any atom is 0.265 e. The molecule has 1 aromatic carbocycles. The van der Waals surface area contributed by atoms with Crippen molar-refractivity contribution in [3.63, 3.8) is 0 Å². The highest BCUT2D eigenvalue weighted by atomic mass is 35.5. The molecular formula is C15H19ClN4O3S. The molecule has 0 amide bonds. The number of rotatable bonds is 4. The molecule has 0 atom stereocenters. The summed E-state index contributed by atoms with van der Waals surface area (Å²) in [7, 11) is -3.77. The summed E-state index contributed by atoms with van der Waals surface area (Å²) in [6.45, 7) is 5.93. The van der Waals surface area contributed by atoms with E-state index in [2.05, 4.69) is 19.8 Å². The molecule has 2 heterocycles. The number of aromatic nitrogens is 2. The van der Waals surface area contributed by atoms with Gasteiger partial charge in [0.15, 0.2) is 0 Å². The van der Waals surface area contributed by atoms with Crippen molar-refractivity contribution in [1.82, 2.24) is 10.2 Å². The summed E-state index contributed by atoms with van der Waals surface area (Å²) in [5, 5.41) is 7.12. The number of nitrogens with one attached hydrogen (secondary N) is 2. The van der Waals surface area contributed by atoms with Crippen LogP contribution in [0.15, 0.2) is 23.1 Å². The van der Waals surface area contributed by atoms with Crippen molar-refractivity contribution in [3.05, 3.63) is 34.6 Å². The maximum absolute atomic E-state index is 12.8. The molecule has 24 heavy (non-hydrogen) atoms. The van der Waals surface area contributed by atoms with Gasteiger partial charge in [0, 0.05) is 18.1 Å². The van der Waals surface area contributed by atoms with Crippen LogP contribution in [0.3, 0.4) is 0 Å². The molecule has 1 aliphatic rings. The lowest BCUT2D eigenvalue weighted by atomic mass is 10.2. The second kappa shape index (κ2) is 6.62. The fourth-order valence-electron chi connectivity index (χ4n) is 2.80. The molecule has 7 nitrogen and oxygen atoms in total. The van der Waals surface area contributed by atoms with Crippen LogP contribution in [0.5, 0.6) is 0 Å². The lowest BCUT2D eigenvalue weighted by Gasteiger charge is -2.30. The summed E-state index contributed by atoms with van der Waals surface area (Å²) in [6.07, 6.45) is 0. The Kier molecular flexibility index (Phi) is 4.71. The summed E-state index contributed by atoms with van der Waals surface area (Å²) in [6, 6.07) is 5.19. The van der Waals surface area contributed by atoms with Crippen molar-refractivity contribution in [2.75, 3.05) is 35.9 Å². The highest BCUT2D eigenvalue weighted by Gasteiger charge is 2.25. The first-order chi connectivity index (χ1) is 11.4. The van der Waals surface area contributed by atoms with Gasteiger partial charge in [-0.2, -0.15) is 5.10 Å². The summed E-state index contributed by atoms with van der Waals surface area (Å²) in [5.41, 5.74) is 2.15. The highest BCUT2D eigenvalue weighted by molar-refractivity contribution is 7.92. The minimum absolute atomic E-state index is 0.162. The Labute approximate surface area is 146 Å². The predicted octanol–water partition coefficient (Wildman–Crippen LogP) is 2.32. The van der Waals surface area contributed by atoms with Crippen molar-refractivity contribution in [3.8, 4) is 0 Å². The van der Waals surface area contributed by atoms with E-state index in [1.165, 1.54) is 0 Å². The smallest absolute Gasteiger partial charge is 0.265 e. The topological polar surface area (TPSA) is 87.3 Å². The van der Waals surface area contributed by atoms with Crippen LogP contribution < -0.4 is 9.62 Å². The molecule has 1 aliphatic heterocycles. The summed E-state index contributed by atoms with van der Waals surface area (Å²) in [5.74, 6) is 0. The van der Waals surface area contributed by atoms with Crippen molar-refractivity contribution >= 4 is 33.0 Å². The molecule has 2 N–H and O–H groups in total. The second-order valence-electron chi connectivity index (χ2n) is 5.63. The van der Waals surface area contributed by atoms with Gasteiger partial charge in [0.05, 0.1) is 36.0 Å². The van der Waals surface area contributed by atoms with Crippen molar-refractivity contribution in [2.45, 2.75) is 18.7 Å². The number of halogens is 1. The summed E-state index contributed by atoms with van der Waals surface area (Å²) >= 11 is 6.08. The van der Waals surface area contributed by atoms with E-state index in [9.17, 15) is 8.42 Å². The van der Waals surface area contributed by atoms with Gasteiger partial charge in [0.25, 0.3) is 10.0 Å². The van der Waals surface area contributed by atoms with E-state index in [1.807, 2.05) is 6.07 Å². The number of hydrogen-bond donors (Lipinski definition) is 2. The first-order valence-electron chi connectivity index (χ1n) is 7.55. The van der Waals surface area contributed by atoms with E-state index >= 15 is 0 Å². The molecule has 0 radical (unpaired) electrons. The van der Waals surface area contributed by atoms with Crippen LogP contribution in [0.25, 0.3) is 0 Å². The predicted molar refractivity (Wildman–Crippen MR) is 93.4 cm³/mol. The molecule has 130 valence electrons. The quantitative estimate of drug-likeness (QED) is 0.862. The van der Waals surface area contributed by atoms with Crippen LogP contribution in [0.1, 0.15) is 11.4 Å². The molecule has 1 saturated heterocycles. The zero-order chi connectivity index (χ0) is 17.3. The number of sulfonamides is 1. The Morgan fingerprint density at radius 2 is 2.00 bits per heavy atom. The Morgan fingerprint density at radius 1 is 1.29 bits per heavy atom. The fraction of sp³-hybridized carbons (Fsp3) is 0.400. The Hall–Kier alpha value is -1.77. The van der Waals surface area contributed by atoms with Gasteiger partial charge in [0.2, 0.25) is 0 Å². The Bertz CT molecular complexity index is 825. The van der Waals surface area contributed by atoms with Crippen LogP contribution in [0.4, 0.5) is 11.4 Å². The van der Waals surface area contributed by atoms with E-state index in [0.29, 0.717) is 48.4 Å². The van der Waals surface area contributed by atoms with E-state index < -0.39 is 10.0 Å². The number of nitrogens with zero attached hydrogens (tertiary/aromatic N) is 2. The van der Waals surface area contributed by atoms with Gasteiger partial charge in [-0.3, -0.25) is 9.82 Å². The lowest BCUT2D eigenvalue weighted by molar-refractivity contribution is 0.123. The molecule has 1 aromatic heterocycles. The molecule has 0 spiro atoms. The van der Waals surface area contributed by atoms with Crippen LogP contribution >= 0.6 is 11.6 Å². The standard InChI is InChI=1S/C15H19ClN4O3S/c1-10-15(11(2)18-17-10)24(21,22)19-13-9-12(16)3-4-14(13)20-5-7-23-8-6-20/h3-4,9,19H,5-8H2,1-2H3,(H,17,18). The number of hydrogen-bond acceptors (Lipinski definition) is 5. The third-order valence-corrected chi connectivity index (χ3v) is 5.75. The SMILES string of the molecule is Cc1n[nH]c(C)c1S(=O)(=O)Nc1cc(Cl)ccc1N1CCOCC1. The van der Waals surface area contributed by atoms with Crippen molar-refractivity contribution in [1.29, 1.82) is 0 Å².